The fourth-order valence-corrected chi connectivity index (χ4v) is 4.17. The molecule has 0 radical (unpaired) electrons. The van der Waals surface area contributed by atoms with Gasteiger partial charge in [-0.1, -0.05) is 30.3 Å². The van der Waals surface area contributed by atoms with Gasteiger partial charge in [-0.3, -0.25) is 4.79 Å². The first-order valence-corrected chi connectivity index (χ1v) is 10.8. The standard InChI is InChI=1S/C25H26N2O6/c1-16-22(26-23(33-16)18-5-3-2-4-6-18)11-12-32-20-9-7-17(8-10-20)13-19-14-27(25(30)31)15-21(19)24(28)29/h2-10,19,21H,11-15H2,1H3,(H,28,29)(H,30,31)/t19-,21+/m1/s1. The molecule has 4 rings (SSSR count). The van der Waals surface area contributed by atoms with Gasteiger partial charge in [0.05, 0.1) is 18.2 Å². The number of aromatic nitrogens is 1. The summed E-state index contributed by atoms with van der Waals surface area (Å²) in [5.74, 6) is 0.176. The van der Waals surface area contributed by atoms with E-state index in [0.717, 1.165) is 22.6 Å². The van der Waals surface area contributed by atoms with E-state index in [1.807, 2.05) is 61.5 Å². The molecule has 1 aliphatic heterocycles. The number of ether oxygens (including phenoxy) is 1. The molecule has 0 spiro atoms. The summed E-state index contributed by atoms with van der Waals surface area (Å²) < 4.78 is 11.6. The van der Waals surface area contributed by atoms with Crippen LogP contribution in [-0.2, 0) is 17.6 Å². The number of hydrogen-bond acceptors (Lipinski definition) is 5. The van der Waals surface area contributed by atoms with Crippen LogP contribution in [0.4, 0.5) is 4.79 Å². The quantitative estimate of drug-likeness (QED) is 0.531. The molecule has 2 aromatic carbocycles. The first kappa shape index (κ1) is 22.4. The minimum absolute atomic E-state index is 0.0317. The molecule has 1 amide bonds. The first-order chi connectivity index (χ1) is 15.9. The maximum atomic E-state index is 11.5. The lowest BCUT2D eigenvalue weighted by molar-refractivity contribution is -0.142. The maximum Gasteiger partial charge on any atom is 0.407 e. The van der Waals surface area contributed by atoms with E-state index in [1.165, 1.54) is 4.90 Å². The van der Waals surface area contributed by atoms with Gasteiger partial charge in [-0.15, -0.1) is 0 Å². The molecule has 1 fully saturated rings. The van der Waals surface area contributed by atoms with E-state index in [1.54, 1.807) is 0 Å². The molecular weight excluding hydrogens is 424 g/mol. The molecule has 0 unspecified atom stereocenters. The molecule has 172 valence electrons. The molecule has 2 N–H and O–H groups in total. The van der Waals surface area contributed by atoms with E-state index in [2.05, 4.69) is 4.98 Å². The summed E-state index contributed by atoms with van der Waals surface area (Å²) in [4.78, 5) is 28.5. The molecule has 3 aromatic rings. The molecule has 2 atom stereocenters. The minimum Gasteiger partial charge on any atom is -0.493 e. The van der Waals surface area contributed by atoms with Crippen molar-refractivity contribution < 1.29 is 29.0 Å². The third-order valence-electron chi connectivity index (χ3n) is 5.97. The summed E-state index contributed by atoms with van der Waals surface area (Å²) in [6.45, 7) is 2.59. The number of carbonyl (C=O) groups is 2. The summed E-state index contributed by atoms with van der Waals surface area (Å²) in [5.41, 5.74) is 2.74. The third kappa shape index (κ3) is 5.34. The lowest BCUT2D eigenvalue weighted by Gasteiger charge is -2.14. The molecule has 1 saturated heterocycles. The Labute approximate surface area is 191 Å². The molecule has 33 heavy (non-hydrogen) atoms. The Kier molecular flexibility index (Phi) is 6.63. The molecule has 8 heteroatoms. The largest absolute Gasteiger partial charge is 0.493 e. The van der Waals surface area contributed by atoms with Crippen LogP contribution in [-0.4, -0.2) is 51.9 Å². The van der Waals surface area contributed by atoms with Gasteiger partial charge < -0.3 is 24.3 Å². The highest BCUT2D eigenvalue weighted by Crippen LogP contribution is 2.28. The Morgan fingerprint density at radius 1 is 1.09 bits per heavy atom. The van der Waals surface area contributed by atoms with Crippen molar-refractivity contribution in [3.63, 3.8) is 0 Å². The van der Waals surface area contributed by atoms with E-state index < -0.39 is 18.0 Å². The zero-order chi connectivity index (χ0) is 23.4. The number of likely N-dealkylation sites (tertiary alicyclic amines) is 1. The summed E-state index contributed by atoms with van der Waals surface area (Å²) in [5, 5.41) is 18.6. The average molecular weight is 450 g/mol. The highest BCUT2D eigenvalue weighted by molar-refractivity contribution is 5.74. The topological polar surface area (TPSA) is 113 Å². The van der Waals surface area contributed by atoms with Gasteiger partial charge in [-0.05, 0) is 49.1 Å². The second-order valence-corrected chi connectivity index (χ2v) is 8.23. The minimum atomic E-state index is -1.08. The monoisotopic (exact) mass is 450 g/mol. The van der Waals surface area contributed by atoms with E-state index in [-0.39, 0.29) is 19.0 Å². The molecule has 0 aliphatic carbocycles. The molecule has 8 nitrogen and oxygen atoms in total. The molecule has 0 bridgehead atoms. The zero-order valence-corrected chi connectivity index (χ0v) is 18.3. The van der Waals surface area contributed by atoms with Crippen molar-refractivity contribution in [2.75, 3.05) is 19.7 Å². The van der Waals surface area contributed by atoms with Crippen LogP contribution in [0.3, 0.4) is 0 Å². The van der Waals surface area contributed by atoms with E-state index in [4.69, 9.17) is 9.15 Å². The number of aryl methyl sites for hydroxylation is 1. The van der Waals surface area contributed by atoms with Gasteiger partial charge in [0, 0.05) is 25.1 Å². The number of aliphatic carboxylic acids is 1. The molecule has 0 saturated carbocycles. The van der Waals surface area contributed by atoms with Gasteiger partial charge in [-0.25, -0.2) is 9.78 Å². The molecule has 1 aliphatic rings. The summed E-state index contributed by atoms with van der Waals surface area (Å²) in [6.07, 6.45) is 0.0318. The van der Waals surface area contributed by atoms with Crippen molar-refractivity contribution in [1.82, 2.24) is 9.88 Å². The Bertz CT molecular complexity index is 1110. The number of oxazole rings is 1. The first-order valence-electron chi connectivity index (χ1n) is 10.8. The fourth-order valence-electron chi connectivity index (χ4n) is 4.17. The van der Waals surface area contributed by atoms with Crippen molar-refractivity contribution in [3.05, 3.63) is 71.6 Å². The Morgan fingerprint density at radius 2 is 1.82 bits per heavy atom. The van der Waals surface area contributed by atoms with Gasteiger partial charge in [0.15, 0.2) is 0 Å². The van der Waals surface area contributed by atoms with Gasteiger partial charge >= 0.3 is 12.1 Å². The number of carboxylic acids is 1. The lowest BCUT2D eigenvalue weighted by atomic mass is 9.90. The van der Waals surface area contributed by atoms with Crippen molar-refractivity contribution in [2.24, 2.45) is 11.8 Å². The predicted molar refractivity (Wildman–Crippen MR) is 120 cm³/mol. The molecule has 1 aromatic heterocycles. The Balaban J connectivity index is 1.31. The van der Waals surface area contributed by atoms with Crippen LogP contribution in [0.1, 0.15) is 17.0 Å². The number of rotatable bonds is 8. The van der Waals surface area contributed by atoms with E-state index in [0.29, 0.717) is 31.1 Å². The van der Waals surface area contributed by atoms with Crippen LogP contribution >= 0.6 is 0 Å². The van der Waals surface area contributed by atoms with Crippen LogP contribution < -0.4 is 4.74 Å². The van der Waals surface area contributed by atoms with Crippen molar-refractivity contribution >= 4 is 12.1 Å². The molecule has 2 heterocycles. The van der Waals surface area contributed by atoms with Crippen LogP contribution in [0.25, 0.3) is 11.5 Å². The SMILES string of the molecule is Cc1oc(-c2ccccc2)nc1CCOc1ccc(C[C@@H]2CN(C(=O)O)C[C@@H]2C(=O)O)cc1. The van der Waals surface area contributed by atoms with Gasteiger partial charge in [0.2, 0.25) is 5.89 Å². The van der Waals surface area contributed by atoms with Crippen LogP contribution in [0.15, 0.2) is 59.0 Å². The number of benzene rings is 2. The summed E-state index contributed by atoms with van der Waals surface area (Å²) in [7, 11) is 0. The average Bonchev–Trinajstić information content (AvgIpc) is 3.40. The second kappa shape index (κ2) is 9.77. The van der Waals surface area contributed by atoms with E-state index >= 15 is 0 Å². The molecular formula is C25H26N2O6. The number of amides is 1. The Morgan fingerprint density at radius 3 is 2.48 bits per heavy atom. The van der Waals surface area contributed by atoms with Crippen molar-refractivity contribution in [1.29, 1.82) is 0 Å². The fraction of sp³-hybridized carbons (Fsp3) is 0.320. The number of carboxylic acid groups (broad SMARTS) is 2. The van der Waals surface area contributed by atoms with Gasteiger partial charge in [0.1, 0.15) is 11.5 Å². The number of nitrogens with zero attached hydrogens (tertiary/aromatic N) is 2. The van der Waals surface area contributed by atoms with Crippen molar-refractivity contribution in [3.8, 4) is 17.2 Å². The van der Waals surface area contributed by atoms with Crippen LogP contribution in [0.5, 0.6) is 5.75 Å². The summed E-state index contributed by atoms with van der Waals surface area (Å²) >= 11 is 0. The highest BCUT2D eigenvalue weighted by atomic mass is 16.5. The second-order valence-electron chi connectivity index (χ2n) is 8.23. The van der Waals surface area contributed by atoms with Crippen molar-refractivity contribution in [2.45, 2.75) is 19.8 Å². The lowest BCUT2D eigenvalue weighted by Crippen LogP contribution is -2.28. The Hall–Kier alpha value is -3.81. The number of hydrogen-bond donors (Lipinski definition) is 2. The van der Waals surface area contributed by atoms with Crippen LogP contribution in [0.2, 0.25) is 0 Å². The van der Waals surface area contributed by atoms with Gasteiger partial charge in [0.25, 0.3) is 0 Å². The van der Waals surface area contributed by atoms with Gasteiger partial charge in [-0.2, -0.15) is 0 Å². The smallest absolute Gasteiger partial charge is 0.407 e. The van der Waals surface area contributed by atoms with Crippen LogP contribution in [0, 0.1) is 18.8 Å². The zero-order valence-electron chi connectivity index (χ0n) is 18.3. The van der Waals surface area contributed by atoms with E-state index in [9.17, 15) is 19.8 Å². The third-order valence-corrected chi connectivity index (χ3v) is 5.97. The normalized spacial score (nSPS) is 17.8. The maximum absolute atomic E-state index is 11.5. The highest BCUT2D eigenvalue weighted by Gasteiger charge is 2.39. The predicted octanol–water partition coefficient (Wildman–Crippen LogP) is 4.12. The summed E-state index contributed by atoms with van der Waals surface area (Å²) in [6, 6.07) is 17.2.